The molecule has 16 N–H and O–H groups in total. The third-order valence-corrected chi connectivity index (χ3v) is 15.2. The van der Waals surface area contributed by atoms with Crippen LogP contribution in [0.3, 0.4) is 0 Å². The fourth-order valence-corrected chi connectivity index (χ4v) is 9.09. The van der Waals surface area contributed by atoms with E-state index in [9.17, 15) is 99.0 Å². The number of aliphatic carboxylic acids is 14. The quantitative estimate of drug-likeness (QED) is 0.0198. The Morgan fingerprint density at radius 3 is 1.21 bits per heavy atom. The highest BCUT2D eigenvalue weighted by Gasteiger charge is 2.41. The molecule has 39 nitrogen and oxygen atoms in total. The summed E-state index contributed by atoms with van der Waals surface area (Å²) in [4.78, 5) is 168. The molecule has 43 heteroatoms. The third kappa shape index (κ3) is 61.0. The summed E-state index contributed by atoms with van der Waals surface area (Å²) in [6.07, 6.45) is 1.34. The van der Waals surface area contributed by atoms with Crippen LogP contribution in [0.4, 0.5) is 13.6 Å². The number of alkyl halides is 3. The van der Waals surface area contributed by atoms with Gasteiger partial charge in [0.2, 0.25) is 15.9 Å². The highest BCUT2D eigenvalue weighted by molar-refractivity contribution is 7.89. The van der Waals surface area contributed by atoms with Gasteiger partial charge in [-0.3, -0.25) is 52.7 Å². The summed E-state index contributed by atoms with van der Waals surface area (Å²) >= 11 is 5.03. The highest BCUT2D eigenvalue weighted by Crippen LogP contribution is 2.19. The first-order valence-corrected chi connectivity index (χ1v) is 34.3. The molecule has 0 aromatic heterocycles. The smallest absolute Gasteiger partial charge is 0.408 e. The summed E-state index contributed by atoms with van der Waals surface area (Å²) in [5, 5.41) is 120. The molecule has 110 heavy (non-hydrogen) atoms. The minimum absolute atomic E-state index is 0.0175. The lowest BCUT2D eigenvalue weighted by atomic mass is 9.97. The number of sulfonamides is 1. The van der Waals surface area contributed by atoms with Gasteiger partial charge < -0.3 is 101 Å². The molecule has 3 aromatic carbocycles. The van der Waals surface area contributed by atoms with E-state index in [0.717, 1.165) is 54.0 Å². The first-order valence-electron chi connectivity index (χ1n) is 32.4. The number of nitrogens with one attached hydrogen (secondary N) is 2. The molecule has 0 radical (unpaired) electrons. The van der Waals surface area contributed by atoms with E-state index >= 15 is 0 Å². The Kier molecular flexibility index (Phi) is 58.3. The predicted molar refractivity (Wildman–Crippen MR) is 372 cm³/mol. The SMILES string of the molecule is CC(C)C(C(=O)O)C(=O)O.Cc1ccc(S(=O)(=O)N(CCC(=O)O)CCC(=O)O)cc1.O=C(O)CC(F)(F)C(=O)O.O=C(O)CCCCCCCCC(=O)O.O=C(O)CC[C@H](NC(=O)OCc1ccccc1)C(=O)N[C@@H](Cc1ccccc1)C(=O)O.O=C(O)COCCOCCOCC(=O)O.O=C(O)C[C@@H](Cl)C(=O)O. The average molecular weight is 1620 g/mol. The molecule has 0 saturated carbocycles. The molecule has 2 amide bonds. The Morgan fingerprint density at radius 1 is 0.473 bits per heavy atom. The van der Waals surface area contributed by atoms with Crippen molar-refractivity contribution in [3.63, 3.8) is 0 Å². The Hall–Kier alpha value is -11.1. The van der Waals surface area contributed by atoms with Crippen LogP contribution in [0.25, 0.3) is 0 Å². The van der Waals surface area contributed by atoms with Gasteiger partial charge in [-0.2, -0.15) is 13.1 Å². The molecule has 618 valence electrons. The Balaban J connectivity index is -0.000000627. The van der Waals surface area contributed by atoms with E-state index in [1.54, 1.807) is 80.6 Å². The molecule has 0 spiro atoms. The monoisotopic (exact) mass is 1620 g/mol. The average Bonchev–Trinajstić information content (AvgIpc) is 0.816. The number of nitrogens with zero attached hydrogens (tertiary/aromatic N) is 1. The molecule has 0 saturated heterocycles. The summed E-state index contributed by atoms with van der Waals surface area (Å²) in [6.45, 7) is 4.55. The number of unbranched alkanes of at least 4 members (excludes halogenated alkanes) is 5. The molecule has 0 unspecified atom stereocenters. The van der Waals surface area contributed by atoms with E-state index in [0.29, 0.717) is 5.56 Å². The topological polar surface area (TPSA) is 655 Å². The van der Waals surface area contributed by atoms with Crippen molar-refractivity contribution in [2.45, 2.75) is 152 Å². The largest absolute Gasteiger partial charge is 0.481 e. The number of amides is 2. The van der Waals surface area contributed by atoms with Crippen molar-refractivity contribution in [1.29, 1.82) is 0 Å². The first-order chi connectivity index (χ1) is 51.2. The zero-order valence-corrected chi connectivity index (χ0v) is 61.2. The number of carbonyl (C=O) groups is 16. The van der Waals surface area contributed by atoms with E-state index in [-0.39, 0.29) is 109 Å². The van der Waals surface area contributed by atoms with E-state index < -0.39 is 154 Å². The van der Waals surface area contributed by atoms with Crippen LogP contribution in [0.15, 0.2) is 89.8 Å². The summed E-state index contributed by atoms with van der Waals surface area (Å²) < 4.78 is 68.7. The number of carboxylic acid groups (broad SMARTS) is 14. The number of hydrogen-bond donors (Lipinski definition) is 16. The zero-order chi connectivity index (χ0) is 85.1. The number of benzene rings is 3. The maximum absolute atomic E-state index is 12.6. The van der Waals surface area contributed by atoms with E-state index in [1.165, 1.54) is 12.1 Å². The zero-order valence-electron chi connectivity index (χ0n) is 59.7. The van der Waals surface area contributed by atoms with Crippen LogP contribution in [0.2, 0.25) is 0 Å². The molecule has 0 bridgehead atoms. The van der Waals surface area contributed by atoms with Gasteiger partial charge in [0.15, 0.2) is 5.92 Å². The summed E-state index contributed by atoms with van der Waals surface area (Å²) in [5.74, 6) is -24.2. The minimum atomic E-state index is -4.16. The van der Waals surface area contributed by atoms with E-state index in [4.69, 9.17) is 87.5 Å². The van der Waals surface area contributed by atoms with E-state index in [1.807, 2.05) is 13.0 Å². The molecule has 3 aromatic rings. The molecule has 0 heterocycles. The number of hydrogen-bond acceptors (Lipinski definition) is 22. The number of alkyl carbamates (subject to hydrolysis) is 1. The van der Waals surface area contributed by atoms with Crippen LogP contribution in [0.1, 0.15) is 120 Å². The van der Waals surface area contributed by atoms with Crippen molar-refractivity contribution in [2.24, 2.45) is 11.8 Å². The number of carbonyl (C=O) groups excluding carboxylic acids is 2. The van der Waals surface area contributed by atoms with Crippen molar-refractivity contribution in [2.75, 3.05) is 52.7 Å². The van der Waals surface area contributed by atoms with Crippen LogP contribution in [0, 0.1) is 18.8 Å². The summed E-state index contributed by atoms with van der Waals surface area (Å²) in [6, 6.07) is 21.2. The van der Waals surface area contributed by atoms with Crippen molar-refractivity contribution < 1.29 is 184 Å². The lowest BCUT2D eigenvalue weighted by Crippen LogP contribution is -2.52. The summed E-state index contributed by atoms with van der Waals surface area (Å²) in [5.41, 5.74) is 2.32. The molecule has 0 aliphatic heterocycles. The molecular formula is C67H92ClF2N3O36S. The standard InChI is InChI=1S/C22H24N2O7.C13H17NO6S.C10H18O4.C8H14O7.C6H10O4.C4H5ClO4.C4H4F2O4/c25-19(26)12-11-17(24-22(30)31-14-16-9-5-2-6-10-16)20(27)23-18(21(28)29)13-15-7-3-1-4-8-15;1-10-2-4-11(5-3-10)21(19,20)14(8-6-12(15)16)9-7-13(17)18;11-9(12)7-5-3-1-2-4-6-8-10(13)14;9-7(10)5-14-3-1-13-2-4-15-6-8(11)12;1-3(2)4(5(7)8)6(9)10;5-2(4(8)9)1-3(6)7;5-4(6,3(9)10)1-2(7)8/h1-10,17-18H,11-14H2,(H,23,27)(H,24,30)(H,25,26)(H,28,29);2-5H,6-9H2,1H3,(H,15,16)(H,17,18);1-8H2,(H,11,12)(H,13,14);1-6H2,(H,9,10)(H,11,12);3-4H,1-2H3,(H,7,8)(H,9,10);2H,1H2,(H,6,7)(H,8,9);1H2,(H,7,8)(H,9,10)/t17-,18-;;;;;2-;/m0....1./s1. The van der Waals surface area contributed by atoms with Crippen molar-refractivity contribution in [3.8, 4) is 0 Å². The number of ether oxygens (including phenoxy) is 4. The normalized spacial score (nSPS) is 11.3. The van der Waals surface area contributed by atoms with Gasteiger partial charge in [-0.25, -0.2) is 32.4 Å². The van der Waals surface area contributed by atoms with Gasteiger partial charge in [0.05, 0.1) is 50.6 Å². The van der Waals surface area contributed by atoms with Crippen LogP contribution >= 0.6 is 11.6 Å². The summed E-state index contributed by atoms with van der Waals surface area (Å²) in [7, 11) is -3.90. The predicted octanol–water partition coefficient (Wildman–Crippen LogP) is 5.14. The first kappa shape index (κ1) is 105. The number of aryl methyl sites for hydroxylation is 1. The fourth-order valence-electron chi connectivity index (χ4n) is 7.52. The van der Waals surface area contributed by atoms with Crippen LogP contribution < -0.4 is 10.6 Å². The fraction of sp³-hybridized carbons (Fsp3) is 0.493. The number of carboxylic acids is 14. The van der Waals surface area contributed by atoms with Gasteiger partial charge in [0, 0.05) is 38.8 Å². The second-order valence-electron chi connectivity index (χ2n) is 22.6. The lowest BCUT2D eigenvalue weighted by Gasteiger charge is -2.21. The number of rotatable bonds is 47. The molecule has 0 fully saturated rings. The third-order valence-electron chi connectivity index (χ3n) is 12.9. The molecule has 3 rings (SSSR count). The molecule has 3 atom stereocenters. The van der Waals surface area contributed by atoms with Gasteiger partial charge in [0.25, 0.3) is 0 Å². The van der Waals surface area contributed by atoms with Gasteiger partial charge >= 0.3 is 95.6 Å². The van der Waals surface area contributed by atoms with Gasteiger partial charge in [-0.1, -0.05) is 118 Å². The molecule has 0 aliphatic rings. The number of halogens is 3. The Morgan fingerprint density at radius 2 is 0.882 bits per heavy atom. The van der Waals surface area contributed by atoms with Crippen LogP contribution in [-0.4, -0.2) is 256 Å². The van der Waals surface area contributed by atoms with Crippen molar-refractivity contribution in [1.82, 2.24) is 14.9 Å². The van der Waals surface area contributed by atoms with Gasteiger partial charge in [-0.15, -0.1) is 11.6 Å². The maximum Gasteiger partial charge on any atom is 0.408 e. The second kappa shape index (κ2) is 60.9. The molecule has 0 aliphatic carbocycles. The van der Waals surface area contributed by atoms with Crippen LogP contribution in [0.5, 0.6) is 0 Å². The van der Waals surface area contributed by atoms with Crippen LogP contribution in [-0.2, 0) is 114 Å². The Labute approximate surface area is 632 Å². The van der Waals surface area contributed by atoms with Crippen molar-refractivity contribution in [3.05, 3.63) is 102 Å². The van der Waals surface area contributed by atoms with Gasteiger partial charge in [-0.05, 0) is 55.4 Å². The Bertz CT molecular complexity index is 3390. The second-order valence-corrected chi connectivity index (χ2v) is 25.0. The maximum atomic E-state index is 12.6. The lowest BCUT2D eigenvalue weighted by molar-refractivity contribution is -0.171. The van der Waals surface area contributed by atoms with E-state index in [2.05, 4.69) is 20.1 Å². The van der Waals surface area contributed by atoms with Crippen molar-refractivity contribution >= 4 is 117 Å². The highest BCUT2D eigenvalue weighted by atomic mass is 35.5. The van der Waals surface area contributed by atoms with Gasteiger partial charge in [0.1, 0.15) is 43.7 Å². The minimum Gasteiger partial charge on any atom is -0.481 e. The molecular weight excluding hydrogens is 1530 g/mol.